The number of rotatable bonds is 4. The highest BCUT2D eigenvalue weighted by Crippen LogP contribution is 2.10. The van der Waals surface area contributed by atoms with Gasteiger partial charge in [0.1, 0.15) is 12.7 Å². The van der Waals surface area contributed by atoms with E-state index in [-0.39, 0.29) is 0 Å². The lowest BCUT2D eigenvalue weighted by molar-refractivity contribution is 0.845. The van der Waals surface area contributed by atoms with Crippen molar-refractivity contribution in [3.05, 3.63) is 55.0 Å². The minimum Gasteiger partial charge on any atom is -0.380 e. The van der Waals surface area contributed by atoms with Crippen LogP contribution < -0.4 is 5.32 Å². The van der Waals surface area contributed by atoms with Gasteiger partial charge in [-0.25, -0.2) is 14.6 Å². The zero-order valence-corrected chi connectivity index (χ0v) is 10.6. The number of anilines is 1. The summed E-state index contributed by atoms with van der Waals surface area (Å²) >= 11 is 0. The lowest BCUT2D eigenvalue weighted by atomic mass is 10.3. The average molecular weight is 254 g/mol. The van der Waals surface area contributed by atoms with E-state index in [1.165, 1.54) is 11.9 Å². The summed E-state index contributed by atoms with van der Waals surface area (Å²) in [6, 6.07) is 5.97. The smallest absolute Gasteiger partial charge is 0.155 e. The number of hydrogen-bond donors (Lipinski definition) is 1. The first-order chi connectivity index (χ1) is 9.31. The largest absolute Gasteiger partial charge is 0.380 e. The molecule has 0 spiro atoms. The van der Waals surface area contributed by atoms with Crippen molar-refractivity contribution < 1.29 is 0 Å². The van der Waals surface area contributed by atoms with Crippen LogP contribution in [0.25, 0.3) is 5.82 Å². The molecule has 19 heavy (non-hydrogen) atoms. The molecular weight excluding hydrogens is 240 g/mol. The first-order valence-corrected chi connectivity index (χ1v) is 5.97. The molecule has 0 aliphatic rings. The molecule has 0 fully saturated rings. The summed E-state index contributed by atoms with van der Waals surface area (Å²) < 4.78 is 3.66. The Morgan fingerprint density at radius 3 is 2.84 bits per heavy atom. The predicted molar refractivity (Wildman–Crippen MR) is 71.9 cm³/mol. The van der Waals surface area contributed by atoms with E-state index in [0.717, 1.165) is 18.1 Å². The molecule has 0 aliphatic heterocycles. The van der Waals surface area contributed by atoms with E-state index in [0.29, 0.717) is 0 Å². The van der Waals surface area contributed by atoms with Gasteiger partial charge in [0.25, 0.3) is 0 Å². The average Bonchev–Trinajstić information content (AvgIpc) is 3.08. The highest BCUT2D eigenvalue weighted by molar-refractivity contribution is 5.43. The van der Waals surface area contributed by atoms with E-state index in [1.807, 2.05) is 29.9 Å². The van der Waals surface area contributed by atoms with Gasteiger partial charge in [0.2, 0.25) is 0 Å². The van der Waals surface area contributed by atoms with Crippen LogP contribution in [0.3, 0.4) is 0 Å². The maximum absolute atomic E-state index is 4.33. The predicted octanol–water partition coefficient (Wildman–Crippen LogP) is 1.61. The third-order valence-corrected chi connectivity index (χ3v) is 2.79. The molecule has 3 aromatic heterocycles. The minimum atomic E-state index is 0.753. The molecule has 96 valence electrons. The summed E-state index contributed by atoms with van der Waals surface area (Å²) in [5.41, 5.74) is 2.22. The van der Waals surface area contributed by atoms with Gasteiger partial charge in [-0.05, 0) is 23.8 Å². The van der Waals surface area contributed by atoms with Crippen molar-refractivity contribution in [3.8, 4) is 5.82 Å². The molecule has 6 nitrogen and oxygen atoms in total. The van der Waals surface area contributed by atoms with Crippen LogP contribution in [-0.4, -0.2) is 24.3 Å². The maximum atomic E-state index is 4.33. The zero-order valence-electron chi connectivity index (χ0n) is 10.6. The van der Waals surface area contributed by atoms with Gasteiger partial charge >= 0.3 is 0 Å². The number of aromatic nitrogens is 5. The van der Waals surface area contributed by atoms with Crippen molar-refractivity contribution in [1.29, 1.82) is 0 Å². The van der Waals surface area contributed by atoms with Gasteiger partial charge in [-0.1, -0.05) is 0 Å². The van der Waals surface area contributed by atoms with Crippen LogP contribution in [0, 0.1) is 0 Å². The molecule has 0 saturated heterocycles. The summed E-state index contributed by atoms with van der Waals surface area (Å²) in [5, 5.41) is 7.36. The van der Waals surface area contributed by atoms with Gasteiger partial charge in [0, 0.05) is 26.0 Å². The molecule has 0 bridgehead atoms. The monoisotopic (exact) mass is 254 g/mol. The fourth-order valence-electron chi connectivity index (χ4n) is 1.82. The van der Waals surface area contributed by atoms with Gasteiger partial charge < -0.3 is 9.88 Å². The molecule has 6 heteroatoms. The molecule has 3 aromatic rings. The quantitative estimate of drug-likeness (QED) is 0.768. The number of nitrogens with zero attached hydrogens (tertiary/aromatic N) is 5. The summed E-state index contributed by atoms with van der Waals surface area (Å²) in [6.07, 6.45) is 9.02. The topological polar surface area (TPSA) is 60.6 Å². The molecule has 0 radical (unpaired) electrons. The molecule has 0 atom stereocenters. The third kappa shape index (κ3) is 2.62. The summed E-state index contributed by atoms with van der Waals surface area (Å²) in [6.45, 7) is 0.783. The molecular formula is C13H14N6. The van der Waals surface area contributed by atoms with Crippen molar-refractivity contribution >= 4 is 5.69 Å². The van der Waals surface area contributed by atoms with E-state index in [9.17, 15) is 0 Å². The molecule has 3 rings (SSSR count). The highest BCUT2D eigenvalue weighted by atomic mass is 15.3. The van der Waals surface area contributed by atoms with E-state index in [1.54, 1.807) is 17.2 Å². The number of hydrogen-bond acceptors (Lipinski definition) is 4. The second-order valence-electron chi connectivity index (χ2n) is 4.28. The Kier molecular flexibility index (Phi) is 2.97. The lowest BCUT2D eigenvalue weighted by Crippen LogP contribution is -2.01. The minimum absolute atomic E-state index is 0.753. The van der Waals surface area contributed by atoms with Crippen molar-refractivity contribution in [3.63, 3.8) is 0 Å². The van der Waals surface area contributed by atoms with E-state index >= 15 is 0 Å². The van der Waals surface area contributed by atoms with E-state index < -0.39 is 0 Å². The fourth-order valence-corrected chi connectivity index (χ4v) is 1.82. The van der Waals surface area contributed by atoms with Gasteiger partial charge in [-0.15, -0.1) is 0 Å². The van der Waals surface area contributed by atoms with E-state index in [2.05, 4.69) is 32.6 Å². The maximum Gasteiger partial charge on any atom is 0.155 e. The van der Waals surface area contributed by atoms with Crippen molar-refractivity contribution in [2.24, 2.45) is 7.05 Å². The molecule has 0 amide bonds. The Morgan fingerprint density at radius 1 is 1.26 bits per heavy atom. The molecule has 3 heterocycles. The SMILES string of the molecule is Cn1ccc(CNc2ccc(-n3cncn3)nc2)c1. The second kappa shape index (κ2) is 4.93. The van der Waals surface area contributed by atoms with Crippen LogP contribution in [0.4, 0.5) is 5.69 Å². The summed E-state index contributed by atoms with van der Waals surface area (Å²) in [4.78, 5) is 8.22. The van der Waals surface area contributed by atoms with Crippen molar-refractivity contribution in [2.45, 2.75) is 6.54 Å². The van der Waals surface area contributed by atoms with Gasteiger partial charge in [-0.2, -0.15) is 5.10 Å². The Morgan fingerprint density at radius 2 is 2.21 bits per heavy atom. The first-order valence-electron chi connectivity index (χ1n) is 5.97. The molecule has 0 aromatic carbocycles. The van der Waals surface area contributed by atoms with Crippen LogP contribution in [0.1, 0.15) is 5.56 Å². The van der Waals surface area contributed by atoms with Crippen LogP contribution in [-0.2, 0) is 13.6 Å². The van der Waals surface area contributed by atoms with E-state index in [4.69, 9.17) is 0 Å². The third-order valence-electron chi connectivity index (χ3n) is 2.79. The van der Waals surface area contributed by atoms with Gasteiger partial charge in [-0.3, -0.25) is 0 Å². The zero-order chi connectivity index (χ0) is 13.1. The standard InChI is InChI=1S/C13H14N6/c1-18-5-4-11(8-18)6-15-12-2-3-13(16-7-12)19-10-14-9-17-19/h2-5,7-10,15H,6H2,1H3. The van der Waals surface area contributed by atoms with Crippen LogP contribution in [0.15, 0.2) is 49.4 Å². The Hall–Kier alpha value is -2.63. The molecule has 1 N–H and O–H groups in total. The number of nitrogens with one attached hydrogen (secondary N) is 1. The number of aryl methyl sites for hydroxylation is 1. The highest BCUT2D eigenvalue weighted by Gasteiger charge is 1.99. The first kappa shape index (κ1) is 11.5. The molecule has 0 aliphatic carbocycles. The van der Waals surface area contributed by atoms with Gasteiger partial charge in [0.05, 0.1) is 11.9 Å². The Bertz CT molecular complexity index is 638. The van der Waals surface area contributed by atoms with Crippen LogP contribution >= 0.6 is 0 Å². The summed E-state index contributed by atoms with van der Waals surface area (Å²) in [7, 11) is 2.01. The summed E-state index contributed by atoms with van der Waals surface area (Å²) in [5.74, 6) is 0.753. The normalized spacial score (nSPS) is 10.6. The van der Waals surface area contributed by atoms with Crippen LogP contribution in [0.5, 0.6) is 0 Å². The van der Waals surface area contributed by atoms with Gasteiger partial charge in [0.15, 0.2) is 5.82 Å². The second-order valence-corrected chi connectivity index (χ2v) is 4.28. The van der Waals surface area contributed by atoms with Crippen molar-refractivity contribution in [2.75, 3.05) is 5.32 Å². The van der Waals surface area contributed by atoms with Crippen LogP contribution in [0.2, 0.25) is 0 Å². The lowest BCUT2D eigenvalue weighted by Gasteiger charge is -2.05. The fraction of sp³-hybridized carbons (Fsp3) is 0.154. The molecule has 0 unspecified atom stereocenters. The van der Waals surface area contributed by atoms with Crippen molar-refractivity contribution in [1.82, 2.24) is 24.3 Å². The Labute approximate surface area is 110 Å². The number of pyridine rings is 1. The molecule has 0 saturated carbocycles. The Balaban J connectivity index is 1.66.